The number of allylic oxidation sites excluding steroid dienone is 2. The Labute approximate surface area is 363 Å². The molecular formula is C53H88N2Pd. The molecule has 1 aliphatic heterocycles. The second-order valence-corrected chi connectivity index (χ2v) is 16.1. The van der Waals surface area contributed by atoms with Crippen LogP contribution in [0.15, 0.2) is 35.4 Å². The van der Waals surface area contributed by atoms with E-state index >= 15 is 0 Å². The van der Waals surface area contributed by atoms with Crippen LogP contribution < -0.4 is 0 Å². The molecular weight excluding hydrogens is 771 g/mol. The van der Waals surface area contributed by atoms with E-state index in [9.17, 15) is 5.53 Å². The number of hydrogen-bond acceptors (Lipinski definition) is 0. The van der Waals surface area contributed by atoms with Crippen LogP contribution in [0.5, 0.6) is 0 Å². The number of hydrogen-bond donors (Lipinski definition) is 0. The third-order valence-corrected chi connectivity index (χ3v) is 11.2. The van der Waals surface area contributed by atoms with Gasteiger partial charge in [0, 0.05) is 22.3 Å². The number of nitrogens with zero attached hydrogens (tertiary/aromatic N) is 2. The molecule has 0 N–H and O–H groups in total. The van der Waals surface area contributed by atoms with E-state index in [2.05, 4.69) is 107 Å². The van der Waals surface area contributed by atoms with Crippen molar-refractivity contribution in [3.8, 4) is 0 Å². The zero-order valence-corrected chi connectivity index (χ0v) is 40.2. The van der Waals surface area contributed by atoms with E-state index in [-0.39, 0.29) is 20.4 Å². The topological polar surface area (TPSA) is 25.3 Å². The summed E-state index contributed by atoms with van der Waals surface area (Å²) >= 11 is 0. The maximum absolute atomic E-state index is 12.4. The zero-order chi connectivity index (χ0) is 41.0. The minimum Gasteiger partial charge on any atom is -0.493 e. The smallest absolute Gasteiger partial charge is 0.493 e. The first kappa shape index (κ1) is 54.2. The van der Waals surface area contributed by atoms with Gasteiger partial charge in [0.1, 0.15) is 0 Å². The second kappa shape index (κ2) is 33.1. The normalized spacial score (nSPS) is 12.4. The van der Waals surface area contributed by atoms with Crippen LogP contribution in [0, 0.1) is 13.8 Å². The van der Waals surface area contributed by atoms with Crippen molar-refractivity contribution in [3.63, 3.8) is 0 Å². The van der Waals surface area contributed by atoms with Crippen molar-refractivity contribution in [2.75, 3.05) is 0 Å². The number of benzene rings is 2. The van der Waals surface area contributed by atoms with Crippen molar-refractivity contribution in [3.05, 3.63) is 99.3 Å². The molecule has 0 unspecified atom stereocenters. The fourth-order valence-corrected chi connectivity index (χ4v) is 7.59. The van der Waals surface area contributed by atoms with Gasteiger partial charge in [0.15, 0.2) is 0 Å². The fraction of sp³-hybridized carbons (Fsp3) is 0.660. The summed E-state index contributed by atoms with van der Waals surface area (Å²) in [7, 11) is 0. The Balaban J connectivity index is 0.00000306. The van der Waals surface area contributed by atoms with Gasteiger partial charge in [0.05, 0.1) is 0 Å². The average Bonchev–Trinajstić information content (AvgIpc) is 3.46. The molecule has 2 aromatic carbocycles. The Bertz CT molecular complexity index is 1360. The molecule has 2 nitrogen and oxygen atoms in total. The standard InChI is InChI=1S/C45H70N2.2C4H9.Pd/c1-9-16-23-35-30-39(31-36(24-17-10-2)42(35)28-21-14-6)44-34(8)41(27-20-13-5)45(47(44)46)40-32-37(25-18-11-3)43(29-22-15-7)38(33-40)26-19-12-4;2*1-3-4-2;/h30-33H,9-29H2,1-8H3;2*1,3-4H2,2H3;/q;2*-1;+2. The Hall–Kier alpha value is -1.82. The first-order valence-corrected chi connectivity index (χ1v) is 23.5. The van der Waals surface area contributed by atoms with Gasteiger partial charge in [0.2, 0.25) is 11.4 Å². The van der Waals surface area contributed by atoms with E-state index in [1.54, 1.807) is 15.8 Å². The van der Waals surface area contributed by atoms with Gasteiger partial charge >= 0.3 is 20.4 Å². The largest absolute Gasteiger partial charge is 2.00 e. The summed E-state index contributed by atoms with van der Waals surface area (Å²) < 4.78 is 1.63. The van der Waals surface area contributed by atoms with Crippen molar-refractivity contribution in [2.45, 2.75) is 230 Å². The molecule has 0 aliphatic carbocycles. The third-order valence-electron chi connectivity index (χ3n) is 11.2. The molecule has 0 atom stereocenters. The fourth-order valence-electron chi connectivity index (χ4n) is 7.59. The van der Waals surface area contributed by atoms with E-state index in [1.165, 1.54) is 147 Å². The number of rotatable bonds is 25. The minimum atomic E-state index is 0. The predicted molar refractivity (Wildman–Crippen MR) is 248 cm³/mol. The molecule has 0 saturated carbocycles. The van der Waals surface area contributed by atoms with Gasteiger partial charge in [-0.2, -0.15) is 12.8 Å². The van der Waals surface area contributed by atoms with Crippen LogP contribution in [0.25, 0.3) is 16.9 Å². The third kappa shape index (κ3) is 17.6. The molecule has 0 saturated heterocycles. The van der Waals surface area contributed by atoms with Gasteiger partial charge in [-0.25, -0.2) is 4.70 Å². The Morgan fingerprint density at radius 3 is 0.982 bits per heavy atom. The maximum atomic E-state index is 12.4. The molecule has 0 aromatic heterocycles. The maximum Gasteiger partial charge on any atom is 2.00 e. The molecule has 320 valence electrons. The van der Waals surface area contributed by atoms with Gasteiger partial charge < -0.3 is 19.4 Å². The molecule has 0 fully saturated rings. The van der Waals surface area contributed by atoms with E-state index in [0.717, 1.165) is 69.2 Å². The van der Waals surface area contributed by atoms with Gasteiger partial charge in [-0.15, -0.1) is 0 Å². The van der Waals surface area contributed by atoms with Crippen LogP contribution in [0.3, 0.4) is 0 Å². The molecule has 0 amide bonds. The summed E-state index contributed by atoms with van der Waals surface area (Å²) in [6.45, 7) is 29.9. The second-order valence-electron chi connectivity index (χ2n) is 16.1. The van der Waals surface area contributed by atoms with Gasteiger partial charge in [-0.05, 0) is 154 Å². The number of aryl methyl sites for hydroxylation is 4. The molecule has 3 rings (SSSR count). The molecule has 0 bridgehead atoms. The average molecular weight is 860 g/mol. The van der Waals surface area contributed by atoms with Gasteiger partial charge in [-0.1, -0.05) is 120 Å². The van der Waals surface area contributed by atoms with Gasteiger partial charge in [-0.3, -0.25) is 0 Å². The minimum absolute atomic E-state index is 0. The molecule has 3 heteroatoms. The quantitative estimate of drug-likeness (QED) is 0.0540. The molecule has 0 spiro atoms. The Kier molecular flexibility index (Phi) is 32.0. The summed E-state index contributed by atoms with van der Waals surface area (Å²) in [5.74, 6) is 0. The van der Waals surface area contributed by atoms with E-state index in [4.69, 9.17) is 0 Å². The molecule has 1 heterocycles. The van der Waals surface area contributed by atoms with E-state index in [1.807, 2.05) is 0 Å². The van der Waals surface area contributed by atoms with Crippen LogP contribution in [0.2, 0.25) is 0 Å². The monoisotopic (exact) mass is 859 g/mol. The van der Waals surface area contributed by atoms with Crippen LogP contribution in [-0.2, 0) is 58.9 Å². The van der Waals surface area contributed by atoms with Crippen LogP contribution in [-0.4, -0.2) is 4.70 Å². The van der Waals surface area contributed by atoms with Crippen LogP contribution >= 0.6 is 0 Å². The number of unbranched alkanes of at least 4 members (excludes halogenated alkanes) is 9. The van der Waals surface area contributed by atoms with Crippen molar-refractivity contribution in [1.29, 1.82) is 0 Å². The summed E-state index contributed by atoms with van der Waals surface area (Å²) in [4.78, 5) is 0. The first-order chi connectivity index (χ1) is 26.7. The van der Waals surface area contributed by atoms with Crippen LogP contribution in [0.4, 0.5) is 0 Å². The summed E-state index contributed by atoms with van der Waals surface area (Å²) in [5.41, 5.74) is 28.8. The summed E-state index contributed by atoms with van der Waals surface area (Å²) in [6, 6.07) is 9.88. The molecule has 2 aromatic rings. The zero-order valence-electron chi connectivity index (χ0n) is 38.6. The summed E-state index contributed by atoms with van der Waals surface area (Å²) in [5, 5.41) is 0. The molecule has 1 aliphatic rings. The van der Waals surface area contributed by atoms with Crippen LogP contribution in [0.1, 0.15) is 236 Å². The summed E-state index contributed by atoms with van der Waals surface area (Å²) in [6.07, 6.45) is 29.3. The first-order valence-electron chi connectivity index (χ1n) is 23.5. The Morgan fingerprint density at radius 1 is 0.429 bits per heavy atom. The Morgan fingerprint density at radius 2 is 0.696 bits per heavy atom. The van der Waals surface area contributed by atoms with E-state index < -0.39 is 0 Å². The predicted octanol–water partition coefficient (Wildman–Crippen LogP) is 17.4. The van der Waals surface area contributed by atoms with Crippen molar-refractivity contribution in [1.82, 2.24) is 0 Å². The van der Waals surface area contributed by atoms with E-state index in [0.29, 0.717) is 0 Å². The molecule has 0 radical (unpaired) electrons. The molecule has 56 heavy (non-hydrogen) atoms. The van der Waals surface area contributed by atoms with Crippen molar-refractivity contribution >= 4 is 11.4 Å². The van der Waals surface area contributed by atoms with Gasteiger partial charge in [0.25, 0.3) is 0 Å². The van der Waals surface area contributed by atoms with Crippen molar-refractivity contribution in [2.24, 2.45) is 0 Å². The SMILES string of the molecule is CCCCC1=C(c2cc(CCCC)c(CCCC)c(CCCC)c2)[N+](=[N-])C(c2cc(CCCC)c(CCCC)c(CCCC)c2)=C1C.[CH2-]CCC.[CH2-]CCC.[Pd+2]. The van der Waals surface area contributed by atoms with Crippen molar-refractivity contribution < 1.29 is 25.1 Å².